The van der Waals surface area contributed by atoms with Gasteiger partial charge in [0.05, 0.1) is 25.8 Å². The van der Waals surface area contributed by atoms with E-state index < -0.39 is 72.9 Å². The third-order valence-electron chi connectivity index (χ3n) is 7.22. The molecule has 0 aliphatic carbocycles. The first-order valence-electron chi connectivity index (χ1n) is 15.4. The van der Waals surface area contributed by atoms with Gasteiger partial charge in [-0.1, -0.05) is 23.7 Å². The maximum Gasteiger partial charge on any atom is 0.408 e. The summed E-state index contributed by atoms with van der Waals surface area (Å²) in [4.78, 5) is 50.1. The Labute approximate surface area is 293 Å². The molecule has 1 saturated heterocycles. The molecule has 0 aromatic heterocycles. The molecule has 2 aromatic carbocycles. The minimum atomic E-state index is -1.63. The molecule has 3 rings (SSSR count). The van der Waals surface area contributed by atoms with Crippen molar-refractivity contribution in [2.45, 2.75) is 82.6 Å². The summed E-state index contributed by atoms with van der Waals surface area (Å²) < 4.78 is 37.1. The molecule has 0 unspecified atom stereocenters. The number of hydrogen-bond acceptors (Lipinski definition) is 14. The van der Waals surface area contributed by atoms with Crippen molar-refractivity contribution in [1.29, 1.82) is 0 Å². The first kappa shape index (κ1) is 40.2. The minimum absolute atomic E-state index is 0.00830. The minimum Gasteiger partial charge on any atom is -0.496 e. The third kappa shape index (κ3) is 11.2. The lowest BCUT2D eigenvalue weighted by Crippen LogP contribution is -2.60. The van der Waals surface area contributed by atoms with Gasteiger partial charge in [0.1, 0.15) is 53.6 Å². The van der Waals surface area contributed by atoms with Crippen molar-refractivity contribution in [1.82, 2.24) is 5.32 Å². The number of aliphatic hydroxyl groups excluding tert-OH is 3. The van der Waals surface area contributed by atoms with E-state index in [-0.39, 0.29) is 41.5 Å². The van der Waals surface area contributed by atoms with Gasteiger partial charge >= 0.3 is 18.0 Å². The lowest BCUT2D eigenvalue weighted by molar-refractivity contribution is -0.293. The molecule has 16 nitrogen and oxygen atoms in total. The molecule has 50 heavy (non-hydrogen) atoms. The van der Waals surface area contributed by atoms with E-state index in [4.69, 9.17) is 44.8 Å². The monoisotopic (exact) mass is 726 g/mol. The predicted octanol–water partition coefficient (Wildman–Crippen LogP) is 2.32. The van der Waals surface area contributed by atoms with E-state index >= 15 is 0 Å². The lowest BCUT2D eigenvalue weighted by atomic mass is 9.99. The number of amides is 2. The first-order valence-corrected chi connectivity index (χ1v) is 15.8. The quantitative estimate of drug-likeness (QED) is 0.140. The van der Waals surface area contributed by atoms with E-state index in [1.54, 1.807) is 45.0 Å². The fraction of sp³-hybridized carbons (Fsp3) is 0.515. The van der Waals surface area contributed by atoms with Gasteiger partial charge in [-0.2, -0.15) is 0 Å². The Balaban J connectivity index is 1.63. The van der Waals surface area contributed by atoms with E-state index in [9.17, 15) is 34.5 Å². The highest BCUT2D eigenvalue weighted by atomic mass is 35.5. The molecule has 1 aliphatic heterocycles. The van der Waals surface area contributed by atoms with Gasteiger partial charge in [-0.3, -0.25) is 4.79 Å². The van der Waals surface area contributed by atoms with Crippen LogP contribution in [0.25, 0.3) is 0 Å². The van der Waals surface area contributed by atoms with Crippen LogP contribution in [0.5, 0.6) is 11.5 Å². The highest BCUT2D eigenvalue weighted by Crippen LogP contribution is 2.35. The molecule has 0 spiro atoms. The lowest BCUT2D eigenvalue weighted by Gasteiger charge is -2.40. The van der Waals surface area contributed by atoms with Crippen LogP contribution in [0.15, 0.2) is 36.4 Å². The van der Waals surface area contributed by atoms with Crippen LogP contribution in [0, 0.1) is 0 Å². The summed E-state index contributed by atoms with van der Waals surface area (Å²) in [7, 11) is 3.72. The standard InChI is InChI=1S/C33H43ClN2O14/c1-33(2,3)50-32(43)36-21(30(42)45-5)10-11-25(38)35-18-9-7-8-17(12-18)16-47-23-14-22(44-4)19(13-20(23)34)29(41)49-28-27(40)26(39)24(15-37)48-31(28)46-6/h7-9,12-14,21,24,26-28,31,37,39-40H,10-11,15-16H2,1-6H3,(H,35,38)(H,36,43)/t21-,24+,26+,27-,28+,31-/m0/s1. The summed E-state index contributed by atoms with van der Waals surface area (Å²) in [6.07, 6.45) is -8.04. The topological polar surface area (TPSA) is 218 Å². The van der Waals surface area contributed by atoms with E-state index in [1.165, 1.54) is 33.5 Å². The summed E-state index contributed by atoms with van der Waals surface area (Å²) in [6.45, 7) is 4.42. The van der Waals surface area contributed by atoms with Gasteiger partial charge in [0, 0.05) is 25.3 Å². The second kappa shape index (κ2) is 18.2. The van der Waals surface area contributed by atoms with Crippen LogP contribution in [-0.4, -0.2) is 110 Å². The Morgan fingerprint density at radius 1 is 1.02 bits per heavy atom. The molecule has 2 amide bonds. The maximum atomic E-state index is 13.1. The highest BCUT2D eigenvalue weighted by Gasteiger charge is 2.47. The second-order valence-corrected chi connectivity index (χ2v) is 12.5. The zero-order valence-electron chi connectivity index (χ0n) is 28.5. The summed E-state index contributed by atoms with van der Waals surface area (Å²) >= 11 is 6.43. The molecular formula is C33H43ClN2O14. The molecule has 0 radical (unpaired) electrons. The van der Waals surface area contributed by atoms with Crippen LogP contribution >= 0.6 is 11.6 Å². The number of rotatable bonds is 14. The number of carbonyl (C=O) groups is 4. The predicted molar refractivity (Wildman–Crippen MR) is 176 cm³/mol. The second-order valence-electron chi connectivity index (χ2n) is 12.1. The first-order chi connectivity index (χ1) is 23.6. The number of benzene rings is 2. The summed E-state index contributed by atoms with van der Waals surface area (Å²) in [5, 5.41) is 35.3. The maximum absolute atomic E-state index is 13.1. The molecule has 1 aliphatic rings. The fourth-order valence-corrected chi connectivity index (χ4v) is 4.99. The van der Waals surface area contributed by atoms with Crippen molar-refractivity contribution in [2.75, 3.05) is 33.3 Å². The number of ether oxygens (including phenoxy) is 7. The Bertz CT molecular complexity index is 1500. The van der Waals surface area contributed by atoms with E-state index in [0.29, 0.717) is 11.3 Å². The van der Waals surface area contributed by atoms with Crippen LogP contribution in [0.2, 0.25) is 5.02 Å². The van der Waals surface area contributed by atoms with Gasteiger partial charge in [0.25, 0.3) is 0 Å². The van der Waals surface area contributed by atoms with Crippen LogP contribution in [-0.2, 0) is 39.9 Å². The molecule has 2 aromatic rings. The average Bonchev–Trinajstić information content (AvgIpc) is 3.07. The number of esters is 2. The van der Waals surface area contributed by atoms with Crippen LogP contribution in [0.1, 0.15) is 49.5 Å². The third-order valence-corrected chi connectivity index (χ3v) is 7.51. The van der Waals surface area contributed by atoms with E-state index in [0.717, 1.165) is 0 Å². The summed E-state index contributed by atoms with van der Waals surface area (Å²) in [5.74, 6) is -1.95. The largest absolute Gasteiger partial charge is 0.496 e. The molecule has 1 heterocycles. The molecule has 17 heteroatoms. The van der Waals surface area contributed by atoms with Crippen molar-refractivity contribution in [3.05, 3.63) is 52.5 Å². The number of anilines is 1. The number of carbonyl (C=O) groups excluding carboxylic acids is 4. The Morgan fingerprint density at radius 2 is 1.74 bits per heavy atom. The number of methoxy groups -OCH3 is 3. The van der Waals surface area contributed by atoms with Gasteiger partial charge < -0.3 is 59.1 Å². The molecule has 0 bridgehead atoms. The van der Waals surface area contributed by atoms with Gasteiger partial charge in [0.2, 0.25) is 5.91 Å². The number of nitrogens with one attached hydrogen (secondary N) is 2. The van der Waals surface area contributed by atoms with Gasteiger partial charge in [-0.25, -0.2) is 14.4 Å². The Hall–Kier alpha value is -4.19. The number of halogens is 1. The van der Waals surface area contributed by atoms with Crippen molar-refractivity contribution in [3.8, 4) is 11.5 Å². The van der Waals surface area contributed by atoms with E-state index in [1.807, 2.05) is 0 Å². The molecule has 1 fully saturated rings. The zero-order chi connectivity index (χ0) is 37.2. The smallest absolute Gasteiger partial charge is 0.408 e. The van der Waals surface area contributed by atoms with Gasteiger partial charge in [0.15, 0.2) is 12.4 Å². The Kier molecular flexibility index (Phi) is 14.6. The normalized spacial score (nSPS) is 21.0. The summed E-state index contributed by atoms with van der Waals surface area (Å²) in [6, 6.07) is 8.26. The average molecular weight is 727 g/mol. The van der Waals surface area contributed by atoms with Crippen LogP contribution in [0.4, 0.5) is 10.5 Å². The number of aliphatic hydroxyl groups is 3. The molecule has 5 N–H and O–H groups in total. The molecule has 0 saturated carbocycles. The SMILES string of the molecule is COC(=O)[C@H](CCC(=O)Nc1cccc(COc2cc(OC)c(C(=O)O[C@H]3[C@@H](OC)O[C@H](CO)[C@@H](O)[C@@H]3O)cc2Cl)c1)NC(=O)OC(C)(C)C. The number of hydrogen-bond donors (Lipinski definition) is 5. The van der Waals surface area contributed by atoms with Crippen LogP contribution in [0.3, 0.4) is 0 Å². The highest BCUT2D eigenvalue weighted by molar-refractivity contribution is 6.32. The fourth-order valence-electron chi connectivity index (χ4n) is 4.77. The van der Waals surface area contributed by atoms with Crippen molar-refractivity contribution in [3.63, 3.8) is 0 Å². The van der Waals surface area contributed by atoms with Crippen molar-refractivity contribution < 1.29 is 67.7 Å². The molecule has 6 atom stereocenters. The van der Waals surface area contributed by atoms with Crippen molar-refractivity contribution >= 4 is 41.2 Å². The van der Waals surface area contributed by atoms with Gasteiger partial charge in [-0.15, -0.1) is 0 Å². The number of alkyl carbamates (subject to hydrolysis) is 1. The Morgan fingerprint density at radius 3 is 2.36 bits per heavy atom. The zero-order valence-corrected chi connectivity index (χ0v) is 29.2. The molecule has 276 valence electrons. The molecular weight excluding hydrogens is 684 g/mol. The van der Waals surface area contributed by atoms with Crippen molar-refractivity contribution in [2.24, 2.45) is 0 Å². The van der Waals surface area contributed by atoms with E-state index in [2.05, 4.69) is 10.6 Å². The summed E-state index contributed by atoms with van der Waals surface area (Å²) in [5.41, 5.74) is 0.170. The van der Waals surface area contributed by atoms with Crippen LogP contribution < -0.4 is 20.1 Å². The van der Waals surface area contributed by atoms with Gasteiger partial charge in [-0.05, 0) is 51.0 Å².